The molecule has 1 atom stereocenters. The number of hydrogen-bond donors (Lipinski definition) is 2. The highest BCUT2D eigenvalue weighted by Gasteiger charge is 2.20. The largest absolute Gasteiger partial charge is 0.322 e. The number of carbonyl (C=O) groups excluding carboxylic acids is 1. The Morgan fingerprint density at radius 3 is 2.95 bits per heavy atom. The van der Waals surface area contributed by atoms with Crippen LogP contribution >= 0.6 is 12.4 Å². The first kappa shape index (κ1) is 15.9. The predicted molar refractivity (Wildman–Crippen MR) is 76.2 cm³/mol. The molecular formula is C13H19ClFN3O. The molecule has 0 saturated carbocycles. The van der Waals surface area contributed by atoms with E-state index in [0.717, 1.165) is 19.6 Å². The van der Waals surface area contributed by atoms with E-state index in [9.17, 15) is 9.18 Å². The fourth-order valence-corrected chi connectivity index (χ4v) is 2.05. The van der Waals surface area contributed by atoms with Crippen LogP contribution in [0.15, 0.2) is 24.3 Å². The molecule has 0 spiro atoms. The van der Waals surface area contributed by atoms with E-state index in [4.69, 9.17) is 0 Å². The first-order valence-electron chi connectivity index (χ1n) is 6.16. The average Bonchev–Trinajstić information content (AvgIpc) is 2.35. The molecule has 6 heteroatoms. The van der Waals surface area contributed by atoms with E-state index in [-0.39, 0.29) is 24.0 Å². The summed E-state index contributed by atoms with van der Waals surface area (Å²) in [4.78, 5) is 13.9. The first-order chi connectivity index (χ1) is 8.66. The van der Waals surface area contributed by atoms with Gasteiger partial charge in [-0.1, -0.05) is 12.1 Å². The van der Waals surface area contributed by atoms with E-state index in [2.05, 4.69) is 22.5 Å². The van der Waals surface area contributed by atoms with Crippen molar-refractivity contribution in [1.29, 1.82) is 0 Å². The van der Waals surface area contributed by atoms with Crippen molar-refractivity contribution >= 4 is 24.0 Å². The van der Waals surface area contributed by atoms with Crippen molar-refractivity contribution in [2.75, 3.05) is 31.5 Å². The fraction of sp³-hybridized carbons (Fsp3) is 0.462. The summed E-state index contributed by atoms with van der Waals surface area (Å²) in [5.74, 6) is -0.576. The molecule has 0 bridgehead atoms. The number of para-hydroxylation sites is 1. The van der Waals surface area contributed by atoms with Crippen LogP contribution in [-0.4, -0.2) is 43.0 Å². The molecule has 1 saturated heterocycles. The van der Waals surface area contributed by atoms with Gasteiger partial charge in [0.15, 0.2) is 0 Å². The summed E-state index contributed by atoms with van der Waals surface area (Å²) in [6.45, 7) is 4.98. The zero-order valence-corrected chi connectivity index (χ0v) is 11.7. The molecule has 19 heavy (non-hydrogen) atoms. The van der Waals surface area contributed by atoms with Crippen LogP contribution in [0.5, 0.6) is 0 Å². The molecule has 1 aliphatic rings. The van der Waals surface area contributed by atoms with E-state index in [0.29, 0.717) is 12.6 Å². The number of hydrogen-bond acceptors (Lipinski definition) is 3. The van der Waals surface area contributed by atoms with Gasteiger partial charge < -0.3 is 10.6 Å². The second kappa shape index (κ2) is 7.43. The van der Waals surface area contributed by atoms with Crippen molar-refractivity contribution < 1.29 is 9.18 Å². The highest BCUT2D eigenvalue weighted by molar-refractivity contribution is 5.92. The third kappa shape index (κ3) is 4.45. The van der Waals surface area contributed by atoms with Gasteiger partial charge in [-0.15, -0.1) is 12.4 Å². The van der Waals surface area contributed by atoms with Gasteiger partial charge in [-0.25, -0.2) is 4.39 Å². The number of halogens is 2. The zero-order chi connectivity index (χ0) is 13.0. The van der Waals surface area contributed by atoms with Crippen LogP contribution in [0.3, 0.4) is 0 Å². The van der Waals surface area contributed by atoms with Gasteiger partial charge in [0, 0.05) is 25.7 Å². The molecule has 2 rings (SSSR count). The molecule has 0 aliphatic carbocycles. The third-order valence-corrected chi connectivity index (χ3v) is 3.13. The number of amides is 1. The molecule has 1 amide bonds. The standard InChI is InChI=1S/C13H18FN3O.ClH/c1-10-8-15-6-7-17(10)9-13(18)16-12-5-3-2-4-11(12)14;/h2-5,10,15H,6-9H2,1H3,(H,16,18);1H/t10-;/m0./s1. The molecule has 1 aromatic rings. The summed E-state index contributed by atoms with van der Waals surface area (Å²) in [5.41, 5.74) is 0.241. The van der Waals surface area contributed by atoms with Crippen LogP contribution in [0, 0.1) is 5.82 Å². The Kier molecular flexibility index (Phi) is 6.21. The topological polar surface area (TPSA) is 44.4 Å². The Morgan fingerprint density at radius 1 is 1.53 bits per heavy atom. The van der Waals surface area contributed by atoms with Gasteiger partial charge >= 0.3 is 0 Å². The Bertz CT molecular complexity index is 430. The number of nitrogens with zero attached hydrogens (tertiary/aromatic N) is 1. The quantitative estimate of drug-likeness (QED) is 0.885. The minimum absolute atomic E-state index is 0. The maximum Gasteiger partial charge on any atom is 0.238 e. The van der Waals surface area contributed by atoms with Crippen LogP contribution in [0.2, 0.25) is 0 Å². The van der Waals surface area contributed by atoms with Crippen LogP contribution in [0.4, 0.5) is 10.1 Å². The molecule has 1 heterocycles. The number of anilines is 1. The molecule has 4 nitrogen and oxygen atoms in total. The third-order valence-electron chi connectivity index (χ3n) is 3.13. The molecule has 2 N–H and O–H groups in total. The minimum Gasteiger partial charge on any atom is -0.322 e. The Hall–Kier alpha value is -1.17. The van der Waals surface area contributed by atoms with Crippen molar-refractivity contribution in [1.82, 2.24) is 10.2 Å². The Morgan fingerprint density at radius 2 is 2.26 bits per heavy atom. The molecule has 106 valence electrons. The van der Waals surface area contributed by atoms with Gasteiger partial charge in [-0.3, -0.25) is 9.69 Å². The SMILES string of the molecule is C[C@H]1CNCCN1CC(=O)Nc1ccccc1F.Cl. The first-order valence-corrected chi connectivity index (χ1v) is 6.16. The Labute approximate surface area is 118 Å². The fourth-order valence-electron chi connectivity index (χ4n) is 2.05. The summed E-state index contributed by atoms with van der Waals surface area (Å²) >= 11 is 0. The highest BCUT2D eigenvalue weighted by atomic mass is 35.5. The monoisotopic (exact) mass is 287 g/mol. The second-order valence-electron chi connectivity index (χ2n) is 4.55. The normalized spacial score (nSPS) is 19.6. The molecule has 0 aromatic heterocycles. The lowest BCUT2D eigenvalue weighted by Gasteiger charge is -2.33. The van der Waals surface area contributed by atoms with Crippen LogP contribution in [0.1, 0.15) is 6.92 Å². The number of nitrogens with one attached hydrogen (secondary N) is 2. The summed E-state index contributed by atoms with van der Waals surface area (Å²) in [5, 5.41) is 5.87. The van der Waals surface area contributed by atoms with Crippen molar-refractivity contribution in [3.63, 3.8) is 0 Å². The summed E-state index contributed by atoms with van der Waals surface area (Å²) < 4.78 is 13.4. The van der Waals surface area contributed by atoms with Crippen molar-refractivity contribution in [3.05, 3.63) is 30.1 Å². The summed E-state index contributed by atoms with van der Waals surface area (Å²) in [6, 6.07) is 6.53. The van der Waals surface area contributed by atoms with Crippen molar-refractivity contribution in [2.45, 2.75) is 13.0 Å². The maximum absolute atomic E-state index is 13.4. The van der Waals surface area contributed by atoms with Gasteiger partial charge in [0.1, 0.15) is 5.82 Å². The van der Waals surface area contributed by atoms with Crippen LogP contribution in [-0.2, 0) is 4.79 Å². The molecule has 0 radical (unpaired) electrons. The highest BCUT2D eigenvalue weighted by Crippen LogP contribution is 2.12. The number of piperazine rings is 1. The predicted octanol–water partition coefficient (Wildman–Crippen LogP) is 1.48. The maximum atomic E-state index is 13.4. The van der Waals surface area contributed by atoms with Crippen LogP contribution in [0.25, 0.3) is 0 Å². The summed E-state index contributed by atoms with van der Waals surface area (Å²) in [7, 11) is 0. The van der Waals surface area contributed by atoms with E-state index in [1.54, 1.807) is 18.2 Å². The van der Waals surface area contributed by atoms with Crippen molar-refractivity contribution in [3.8, 4) is 0 Å². The van der Waals surface area contributed by atoms with Gasteiger partial charge in [0.05, 0.1) is 12.2 Å². The molecular weight excluding hydrogens is 269 g/mol. The molecule has 1 fully saturated rings. The van der Waals surface area contributed by atoms with Gasteiger partial charge in [0.2, 0.25) is 5.91 Å². The van der Waals surface area contributed by atoms with E-state index < -0.39 is 5.82 Å². The second-order valence-corrected chi connectivity index (χ2v) is 4.55. The number of carbonyl (C=O) groups is 1. The zero-order valence-electron chi connectivity index (χ0n) is 10.9. The van der Waals surface area contributed by atoms with E-state index in [1.165, 1.54) is 6.07 Å². The lowest BCUT2D eigenvalue weighted by Crippen LogP contribution is -2.52. The smallest absolute Gasteiger partial charge is 0.238 e. The number of rotatable bonds is 3. The van der Waals surface area contributed by atoms with Crippen molar-refractivity contribution in [2.24, 2.45) is 0 Å². The molecule has 0 unspecified atom stereocenters. The van der Waals surface area contributed by atoms with E-state index >= 15 is 0 Å². The van der Waals surface area contributed by atoms with Gasteiger partial charge in [0.25, 0.3) is 0 Å². The van der Waals surface area contributed by atoms with Gasteiger partial charge in [-0.05, 0) is 19.1 Å². The number of benzene rings is 1. The van der Waals surface area contributed by atoms with Crippen LogP contribution < -0.4 is 10.6 Å². The minimum atomic E-state index is -0.404. The average molecular weight is 288 g/mol. The Balaban J connectivity index is 0.00000180. The summed E-state index contributed by atoms with van der Waals surface area (Å²) in [6.07, 6.45) is 0. The molecule has 1 aromatic carbocycles. The lowest BCUT2D eigenvalue weighted by molar-refractivity contribution is -0.118. The van der Waals surface area contributed by atoms with E-state index in [1.807, 2.05) is 0 Å². The van der Waals surface area contributed by atoms with Gasteiger partial charge in [-0.2, -0.15) is 0 Å². The molecule has 1 aliphatic heterocycles. The lowest BCUT2D eigenvalue weighted by atomic mass is 10.2.